The van der Waals surface area contributed by atoms with Crippen LogP contribution in [-0.4, -0.2) is 51.2 Å². The van der Waals surface area contributed by atoms with Crippen molar-refractivity contribution in [3.63, 3.8) is 0 Å². The van der Waals surface area contributed by atoms with Crippen molar-refractivity contribution < 1.29 is 21.6 Å². The van der Waals surface area contributed by atoms with Crippen LogP contribution >= 0.6 is 0 Å². The van der Waals surface area contributed by atoms with Gasteiger partial charge >= 0.3 is 0 Å². The van der Waals surface area contributed by atoms with Crippen molar-refractivity contribution in [3.8, 4) is 0 Å². The third-order valence-electron chi connectivity index (χ3n) is 5.21. The fourth-order valence-electron chi connectivity index (χ4n) is 3.21. The summed E-state index contributed by atoms with van der Waals surface area (Å²) in [6.45, 7) is 9.19. The molecule has 0 saturated carbocycles. The fourth-order valence-corrected chi connectivity index (χ4v) is 3.53. The smallest absolute Gasteiger partial charge is 0.217 e. The average Bonchev–Trinajstić information content (AvgIpc) is 2.64. The molecule has 0 aliphatic rings. The summed E-state index contributed by atoms with van der Waals surface area (Å²) < 4.78 is 34.3. The van der Waals surface area contributed by atoms with Crippen LogP contribution in [0.15, 0.2) is 0 Å². The number of unbranched alkanes of at least 4 members (excludes halogenated alkanes) is 12. The molecule has 0 fully saturated rings. The first-order valence-corrected chi connectivity index (χ1v) is 13.4. The zero-order valence-corrected chi connectivity index (χ0v) is 21.0. The van der Waals surface area contributed by atoms with E-state index in [-0.39, 0.29) is 6.61 Å². The minimum absolute atomic E-state index is 0.00231. The second-order valence-electron chi connectivity index (χ2n) is 8.86. The van der Waals surface area contributed by atoms with Crippen LogP contribution in [0.1, 0.15) is 117 Å². The van der Waals surface area contributed by atoms with Gasteiger partial charge in [-0.1, -0.05) is 91.4 Å². The van der Waals surface area contributed by atoms with Gasteiger partial charge in [-0.05, 0) is 25.7 Å². The molecule has 0 unspecified atom stereocenters. The fraction of sp³-hybridized carbons (Fsp3) is 1.00. The molecule has 0 bridgehead atoms. The van der Waals surface area contributed by atoms with Crippen molar-refractivity contribution in [2.24, 2.45) is 0 Å². The van der Waals surface area contributed by atoms with Gasteiger partial charge in [-0.2, -0.15) is 0 Å². The molecule has 0 N–H and O–H groups in total. The Morgan fingerprint density at radius 3 is 1.41 bits per heavy atom. The molecule has 6 heteroatoms. The SMILES string of the molecule is CCCCCCCCCCCCC[N+](C)(C)CCCC.CCCCOS(=O)(=O)[O-]. The lowest BCUT2D eigenvalue weighted by atomic mass is 10.1. The number of hydrogen-bond acceptors (Lipinski definition) is 4. The Labute approximate surface area is 183 Å². The minimum Gasteiger partial charge on any atom is -0.726 e. The quantitative estimate of drug-likeness (QED) is 0.101. The Hall–Kier alpha value is -0.170. The lowest BCUT2D eigenvalue weighted by Crippen LogP contribution is -2.41. The van der Waals surface area contributed by atoms with Crippen molar-refractivity contribution in [1.82, 2.24) is 0 Å². The van der Waals surface area contributed by atoms with Crippen LogP contribution in [-0.2, 0) is 14.6 Å². The Balaban J connectivity index is 0. The predicted octanol–water partition coefficient (Wildman–Crippen LogP) is 6.44. The van der Waals surface area contributed by atoms with Gasteiger partial charge in [0.25, 0.3) is 0 Å². The standard InChI is InChI=1S/C19H42N.C4H10O4S/c1-5-7-9-10-11-12-13-14-15-16-17-19-20(3,4)18-8-6-2;1-2-3-4-8-9(5,6)7/h5-19H2,1-4H3;2-4H2,1H3,(H,5,6,7)/q+1;/p-1. The van der Waals surface area contributed by atoms with Gasteiger partial charge in [0.1, 0.15) is 0 Å². The summed E-state index contributed by atoms with van der Waals surface area (Å²) in [5.74, 6) is 0. The van der Waals surface area contributed by atoms with Crippen LogP contribution in [0, 0.1) is 0 Å². The van der Waals surface area contributed by atoms with Crippen molar-refractivity contribution >= 4 is 10.4 Å². The van der Waals surface area contributed by atoms with Gasteiger partial charge in [0.05, 0.1) is 33.8 Å². The monoisotopic (exact) mass is 437 g/mol. The van der Waals surface area contributed by atoms with E-state index in [0.717, 1.165) is 6.42 Å². The first-order chi connectivity index (χ1) is 13.7. The molecule has 0 rings (SSSR count). The Bertz CT molecular complexity index is 425. The second kappa shape index (κ2) is 21.1. The van der Waals surface area contributed by atoms with Gasteiger partial charge < -0.3 is 9.04 Å². The first kappa shape index (κ1) is 31.0. The molecule has 0 saturated heterocycles. The second-order valence-corrected chi connectivity index (χ2v) is 9.91. The molecule has 0 heterocycles. The molecule has 5 nitrogen and oxygen atoms in total. The molecule has 0 radical (unpaired) electrons. The summed E-state index contributed by atoms with van der Waals surface area (Å²) in [5, 5.41) is 0. The zero-order valence-electron chi connectivity index (χ0n) is 20.2. The van der Waals surface area contributed by atoms with Gasteiger partial charge in [0.2, 0.25) is 10.4 Å². The molecule has 178 valence electrons. The van der Waals surface area contributed by atoms with E-state index in [1.54, 1.807) is 0 Å². The lowest BCUT2D eigenvalue weighted by molar-refractivity contribution is -0.890. The van der Waals surface area contributed by atoms with Crippen LogP contribution < -0.4 is 0 Å². The van der Waals surface area contributed by atoms with Crippen molar-refractivity contribution in [2.75, 3.05) is 33.8 Å². The summed E-state index contributed by atoms with van der Waals surface area (Å²) in [6, 6.07) is 0. The van der Waals surface area contributed by atoms with E-state index in [1.165, 1.54) is 101 Å². The van der Waals surface area contributed by atoms with Crippen molar-refractivity contribution in [1.29, 1.82) is 0 Å². The maximum absolute atomic E-state index is 9.73. The van der Waals surface area contributed by atoms with E-state index in [1.807, 2.05) is 6.92 Å². The molecule has 0 spiro atoms. The summed E-state index contributed by atoms with van der Waals surface area (Å²) in [6.07, 6.45) is 20.1. The number of nitrogens with zero attached hydrogens (tertiary/aromatic N) is 1. The molecule has 0 aromatic rings. The molecule has 29 heavy (non-hydrogen) atoms. The maximum Gasteiger partial charge on any atom is 0.217 e. The molecule has 0 aromatic heterocycles. The highest BCUT2D eigenvalue weighted by Gasteiger charge is 2.12. The van der Waals surface area contributed by atoms with Gasteiger partial charge in [0.15, 0.2) is 0 Å². The van der Waals surface area contributed by atoms with E-state index in [0.29, 0.717) is 6.42 Å². The number of hydrogen-bond donors (Lipinski definition) is 0. The van der Waals surface area contributed by atoms with Crippen LogP contribution in [0.25, 0.3) is 0 Å². The van der Waals surface area contributed by atoms with Gasteiger partial charge in [-0.25, -0.2) is 8.42 Å². The Kier molecular flexibility index (Phi) is 22.5. The van der Waals surface area contributed by atoms with E-state index in [9.17, 15) is 13.0 Å². The normalized spacial score (nSPS) is 11.9. The molecule has 0 aliphatic heterocycles. The highest BCUT2D eigenvalue weighted by atomic mass is 32.3. The summed E-state index contributed by atoms with van der Waals surface area (Å²) >= 11 is 0. The van der Waals surface area contributed by atoms with Crippen LogP contribution in [0.2, 0.25) is 0 Å². The third-order valence-corrected chi connectivity index (χ3v) is 5.66. The van der Waals surface area contributed by atoms with Crippen LogP contribution in [0.5, 0.6) is 0 Å². The Morgan fingerprint density at radius 1 is 0.621 bits per heavy atom. The molecule has 0 amide bonds. The van der Waals surface area contributed by atoms with E-state index in [4.69, 9.17) is 0 Å². The Morgan fingerprint density at radius 2 is 1.00 bits per heavy atom. The van der Waals surface area contributed by atoms with E-state index >= 15 is 0 Å². The van der Waals surface area contributed by atoms with Crippen LogP contribution in [0.4, 0.5) is 0 Å². The van der Waals surface area contributed by atoms with Crippen LogP contribution in [0.3, 0.4) is 0 Å². The van der Waals surface area contributed by atoms with Gasteiger partial charge in [0, 0.05) is 0 Å². The molecular formula is C23H51NO4S. The zero-order chi connectivity index (χ0) is 22.4. The number of rotatable bonds is 19. The summed E-state index contributed by atoms with van der Waals surface area (Å²) in [4.78, 5) is 0. The molecule has 0 aromatic carbocycles. The largest absolute Gasteiger partial charge is 0.726 e. The highest BCUT2D eigenvalue weighted by Crippen LogP contribution is 2.12. The van der Waals surface area contributed by atoms with Crippen molar-refractivity contribution in [2.45, 2.75) is 117 Å². The van der Waals surface area contributed by atoms with Crippen molar-refractivity contribution in [3.05, 3.63) is 0 Å². The minimum atomic E-state index is -4.45. The molecule has 0 atom stereocenters. The van der Waals surface area contributed by atoms with E-state index < -0.39 is 10.4 Å². The molecule has 0 aliphatic carbocycles. The first-order valence-electron chi connectivity index (χ1n) is 12.1. The number of quaternary nitrogens is 1. The van der Waals surface area contributed by atoms with Gasteiger partial charge in [-0.3, -0.25) is 4.18 Å². The molecular weight excluding hydrogens is 386 g/mol. The highest BCUT2D eigenvalue weighted by molar-refractivity contribution is 7.80. The summed E-state index contributed by atoms with van der Waals surface area (Å²) in [5.41, 5.74) is 0. The predicted molar refractivity (Wildman–Crippen MR) is 124 cm³/mol. The average molecular weight is 438 g/mol. The third kappa shape index (κ3) is 30.1. The van der Waals surface area contributed by atoms with E-state index in [2.05, 4.69) is 32.1 Å². The summed E-state index contributed by atoms with van der Waals surface area (Å²) in [7, 11) is 0.343. The maximum atomic E-state index is 9.73. The van der Waals surface area contributed by atoms with Gasteiger partial charge in [-0.15, -0.1) is 0 Å². The lowest BCUT2D eigenvalue weighted by Gasteiger charge is -2.29. The topological polar surface area (TPSA) is 66.4 Å².